The Hall–Kier alpha value is -4.36. The average molecular weight is 534 g/mol. The minimum absolute atomic E-state index is 0.160. The number of amides is 4. The van der Waals surface area contributed by atoms with Crippen molar-refractivity contribution in [2.24, 2.45) is 0 Å². The van der Waals surface area contributed by atoms with Crippen LogP contribution in [0.15, 0.2) is 91.0 Å². The van der Waals surface area contributed by atoms with Crippen LogP contribution in [0.4, 0.5) is 15.3 Å². The van der Waals surface area contributed by atoms with Crippen LogP contribution < -0.4 is 10.6 Å². The highest BCUT2D eigenvalue weighted by molar-refractivity contribution is 8.15. The molecular formula is C32H27N3O3S. The summed E-state index contributed by atoms with van der Waals surface area (Å²) in [5, 5.41) is 4.72. The second-order valence-corrected chi connectivity index (χ2v) is 11.2. The van der Waals surface area contributed by atoms with E-state index in [1.165, 1.54) is 22.3 Å². The lowest BCUT2D eigenvalue weighted by Gasteiger charge is -2.19. The van der Waals surface area contributed by atoms with Crippen molar-refractivity contribution in [3.63, 3.8) is 0 Å². The molecule has 0 radical (unpaired) electrons. The van der Waals surface area contributed by atoms with Gasteiger partial charge in [0.2, 0.25) is 5.91 Å². The molecule has 6 nitrogen and oxygen atoms in total. The molecule has 1 aliphatic heterocycles. The molecule has 0 bridgehead atoms. The fraction of sp³-hybridized carbons (Fsp3) is 0.156. The van der Waals surface area contributed by atoms with Gasteiger partial charge in [0.1, 0.15) is 0 Å². The fourth-order valence-electron chi connectivity index (χ4n) is 5.21. The van der Waals surface area contributed by atoms with Crippen LogP contribution in [0.5, 0.6) is 0 Å². The van der Waals surface area contributed by atoms with E-state index in [1.807, 2.05) is 48.5 Å². The molecule has 1 unspecified atom stereocenters. The van der Waals surface area contributed by atoms with Crippen molar-refractivity contribution < 1.29 is 14.4 Å². The Kier molecular flexibility index (Phi) is 6.67. The number of carbonyl (C=O) groups is 3. The summed E-state index contributed by atoms with van der Waals surface area (Å²) in [7, 11) is 1.79. The van der Waals surface area contributed by atoms with Crippen LogP contribution in [0.2, 0.25) is 0 Å². The summed E-state index contributed by atoms with van der Waals surface area (Å²) >= 11 is 1.04. The third-order valence-corrected chi connectivity index (χ3v) is 8.20. The molecule has 2 N–H and O–H groups in total. The Bertz CT molecular complexity index is 1600. The van der Waals surface area contributed by atoms with Gasteiger partial charge in [-0.1, -0.05) is 84.6 Å². The highest BCUT2D eigenvalue weighted by Crippen LogP contribution is 2.37. The molecule has 2 aliphatic rings. The first-order valence-electron chi connectivity index (χ1n) is 12.9. The van der Waals surface area contributed by atoms with Crippen LogP contribution >= 0.6 is 11.8 Å². The molecule has 6 rings (SSSR count). The second kappa shape index (κ2) is 10.4. The number of hydrogen-bond donors (Lipinski definition) is 2. The second-order valence-electron chi connectivity index (χ2n) is 9.98. The molecule has 0 spiro atoms. The summed E-state index contributed by atoms with van der Waals surface area (Å²) in [6.07, 6.45) is 1.40. The van der Waals surface area contributed by atoms with Crippen molar-refractivity contribution in [1.82, 2.24) is 10.2 Å². The standard InChI is InChI=1S/C32H27N3O3S/c1-35(31(37)33-26-13-14-28-25(18-26)17-24-6-2-3-8-27(24)28)19-21-5-4-7-23(15-21)22-11-9-20(10-12-22)16-29-30(36)34-32(38)39-29/h2-15,18,29H,16-17,19H2,1H3,(H,33,37)(H,34,36,38). The third-order valence-electron chi connectivity index (χ3n) is 7.21. The van der Waals surface area contributed by atoms with E-state index in [0.29, 0.717) is 13.0 Å². The molecule has 1 atom stereocenters. The van der Waals surface area contributed by atoms with Gasteiger partial charge in [0.05, 0.1) is 5.25 Å². The van der Waals surface area contributed by atoms with Crippen LogP contribution in [0.1, 0.15) is 22.3 Å². The summed E-state index contributed by atoms with van der Waals surface area (Å²) in [5.41, 5.74) is 9.98. The quantitative estimate of drug-likeness (QED) is 0.262. The van der Waals surface area contributed by atoms with E-state index < -0.39 is 0 Å². The van der Waals surface area contributed by atoms with E-state index in [1.54, 1.807) is 11.9 Å². The first-order valence-corrected chi connectivity index (χ1v) is 13.7. The largest absolute Gasteiger partial charge is 0.323 e. The van der Waals surface area contributed by atoms with Crippen molar-refractivity contribution in [1.29, 1.82) is 0 Å². The number of urea groups is 1. The highest BCUT2D eigenvalue weighted by atomic mass is 32.2. The van der Waals surface area contributed by atoms with E-state index >= 15 is 0 Å². The first kappa shape index (κ1) is 24.9. The SMILES string of the molecule is CN(Cc1cccc(-c2ccc(CC3SC(=O)NC3=O)cc2)c1)C(=O)Nc1ccc2c(c1)Cc1ccccc1-2. The fourth-order valence-corrected chi connectivity index (χ4v) is 6.07. The van der Waals surface area contributed by atoms with Gasteiger partial charge >= 0.3 is 6.03 Å². The van der Waals surface area contributed by atoms with Crippen molar-refractivity contribution in [3.05, 3.63) is 113 Å². The zero-order valence-electron chi connectivity index (χ0n) is 21.4. The number of thioether (sulfide) groups is 1. The summed E-state index contributed by atoms with van der Waals surface area (Å²) in [6, 6.07) is 30.6. The molecule has 7 heteroatoms. The van der Waals surface area contributed by atoms with Crippen LogP contribution in [0, 0.1) is 0 Å². The van der Waals surface area contributed by atoms with Gasteiger partial charge in [-0.2, -0.15) is 0 Å². The normalized spacial score (nSPS) is 15.5. The number of anilines is 1. The minimum Gasteiger partial charge on any atom is -0.323 e. The average Bonchev–Trinajstić information content (AvgIpc) is 3.46. The number of hydrogen-bond acceptors (Lipinski definition) is 4. The molecule has 4 amide bonds. The molecule has 1 heterocycles. The maximum atomic E-state index is 13.0. The van der Waals surface area contributed by atoms with Crippen LogP contribution in [-0.4, -0.2) is 34.4 Å². The number of carbonyl (C=O) groups excluding carboxylic acids is 3. The van der Waals surface area contributed by atoms with Gasteiger partial charge in [-0.05, 0) is 75.5 Å². The van der Waals surface area contributed by atoms with E-state index in [-0.39, 0.29) is 22.4 Å². The van der Waals surface area contributed by atoms with Gasteiger partial charge in [0.15, 0.2) is 0 Å². The Morgan fingerprint density at radius 1 is 0.872 bits per heavy atom. The molecule has 194 valence electrons. The van der Waals surface area contributed by atoms with Gasteiger partial charge in [0, 0.05) is 19.3 Å². The lowest BCUT2D eigenvalue weighted by Crippen LogP contribution is -2.30. The van der Waals surface area contributed by atoms with Crippen LogP contribution in [0.25, 0.3) is 22.3 Å². The van der Waals surface area contributed by atoms with Gasteiger partial charge in [-0.3, -0.25) is 14.9 Å². The summed E-state index contributed by atoms with van der Waals surface area (Å²) in [5.74, 6) is -0.225. The molecule has 0 saturated carbocycles. The van der Waals surface area contributed by atoms with Gasteiger partial charge < -0.3 is 10.2 Å². The van der Waals surface area contributed by atoms with E-state index in [2.05, 4.69) is 53.1 Å². The molecule has 1 aliphatic carbocycles. The maximum absolute atomic E-state index is 13.0. The van der Waals surface area contributed by atoms with Gasteiger partial charge in [0.25, 0.3) is 5.24 Å². The molecule has 39 heavy (non-hydrogen) atoms. The number of rotatable bonds is 6. The smallest absolute Gasteiger partial charge is 0.321 e. The topological polar surface area (TPSA) is 78.5 Å². The lowest BCUT2D eigenvalue weighted by molar-refractivity contribution is -0.118. The van der Waals surface area contributed by atoms with E-state index in [4.69, 9.17) is 0 Å². The Balaban J connectivity index is 1.08. The Labute approximate surface area is 231 Å². The molecule has 4 aromatic carbocycles. The molecular weight excluding hydrogens is 506 g/mol. The summed E-state index contributed by atoms with van der Waals surface area (Å²) in [4.78, 5) is 37.9. The van der Waals surface area contributed by atoms with E-state index in [9.17, 15) is 14.4 Å². The van der Waals surface area contributed by atoms with Gasteiger partial charge in [-0.25, -0.2) is 4.79 Å². The van der Waals surface area contributed by atoms with Crippen molar-refractivity contribution in [2.45, 2.75) is 24.6 Å². The van der Waals surface area contributed by atoms with Crippen molar-refractivity contribution in [2.75, 3.05) is 12.4 Å². The zero-order valence-corrected chi connectivity index (χ0v) is 22.3. The highest BCUT2D eigenvalue weighted by Gasteiger charge is 2.31. The first-order chi connectivity index (χ1) is 18.9. The lowest BCUT2D eigenvalue weighted by atomic mass is 10.00. The predicted octanol–water partition coefficient (Wildman–Crippen LogP) is 6.48. The predicted molar refractivity (Wildman–Crippen MR) is 156 cm³/mol. The number of benzene rings is 4. The van der Waals surface area contributed by atoms with Crippen molar-refractivity contribution >= 4 is 34.6 Å². The minimum atomic E-state index is -0.374. The van der Waals surface area contributed by atoms with Crippen molar-refractivity contribution in [3.8, 4) is 22.3 Å². The molecule has 1 fully saturated rings. The maximum Gasteiger partial charge on any atom is 0.321 e. The van der Waals surface area contributed by atoms with Crippen LogP contribution in [0.3, 0.4) is 0 Å². The third kappa shape index (κ3) is 5.31. The number of imide groups is 1. The number of fused-ring (bicyclic) bond motifs is 3. The Morgan fingerprint density at radius 3 is 2.46 bits per heavy atom. The summed E-state index contributed by atoms with van der Waals surface area (Å²) < 4.78 is 0. The summed E-state index contributed by atoms with van der Waals surface area (Å²) in [6.45, 7) is 0.468. The molecule has 0 aromatic heterocycles. The Morgan fingerprint density at radius 2 is 1.67 bits per heavy atom. The number of nitrogens with one attached hydrogen (secondary N) is 2. The zero-order chi connectivity index (χ0) is 26.9. The molecule has 4 aromatic rings. The van der Waals surface area contributed by atoms with Gasteiger partial charge in [-0.15, -0.1) is 0 Å². The monoisotopic (exact) mass is 533 g/mol. The number of nitrogens with zero attached hydrogens (tertiary/aromatic N) is 1. The van der Waals surface area contributed by atoms with Crippen LogP contribution in [-0.2, 0) is 24.2 Å². The molecule has 1 saturated heterocycles. The van der Waals surface area contributed by atoms with E-state index in [0.717, 1.165) is 46.1 Å².